The number of carbonyl (C=O) groups is 1. The van der Waals surface area contributed by atoms with Crippen LogP contribution in [0.15, 0.2) is 16.8 Å². The van der Waals surface area contributed by atoms with Crippen molar-refractivity contribution < 1.29 is 9.32 Å². The Morgan fingerprint density at radius 1 is 1.57 bits per heavy atom. The average Bonchev–Trinajstić information content (AvgIpc) is 3.25. The predicted octanol–water partition coefficient (Wildman–Crippen LogP) is 1.79. The van der Waals surface area contributed by atoms with Crippen molar-refractivity contribution in [2.75, 3.05) is 18.4 Å². The van der Waals surface area contributed by atoms with E-state index < -0.39 is 0 Å². The van der Waals surface area contributed by atoms with Crippen LogP contribution in [0.25, 0.3) is 0 Å². The molecular weight excluding hydrogens is 296 g/mol. The monoisotopic (exact) mass is 318 g/mol. The number of hydrogen-bond acceptors (Lipinski definition) is 6. The van der Waals surface area contributed by atoms with Crippen molar-refractivity contribution >= 4 is 11.7 Å². The van der Waals surface area contributed by atoms with Gasteiger partial charge in [0, 0.05) is 38.7 Å². The fraction of sp³-hybridized carbons (Fsp3) is 0.600. The maximum Gasteiger partial charge on any atom is 0.243 e. The molecule has 1 aliphatic heterocycles. The molecule has 2 aromatic rings. The van der Waals surface area contributed by atoms with Crippen LogP contribution in [0.4, 0.5) is 5.82 Å². The van der Waals surface area contributed by atoms with E-state index >= 15 is 0 Å². The zero-order valence-corrected chi connectivity index (χ0v) is 13.7. The second-order valence-electron chi connectivity index (χ2n) is 5.88. The molecule has 0 bridgehead atoms. The second kappa shape index (κ2) is 6.49. The molecule has 1 amide bonds. The largest absolute Gasteiger partial charge is 0.338 e. The molecule has 0 saturated carbocycles. The van der Waals surface area contributed by atoms with E-state index in [4.69, 9.17) is 4.52 Å². The number of carbonyl (C=O) groups excluding carboxylic acids is 1. The van der Waals surface area contributed by atoms with Gasteiger partial charge in [0.05, 0.1) is 12.1 Å². The summed E-state index contributed by atoms with van der Waals surface area (Å²) in [7, 11) is 0. The molecule has 0 spiro atoms. The molecule has 1 saturated heterocycles. The Balaban J connectivity index is 1.63. The van der Waals surface area contributed by atoms with Gasteiger partial charge in [-0.15, -0.1) is 0 Å². The van der Waals surface area contributed by atoms with Gasteiger partial charge in [-0.2, -0.15) is 10.1 Å². The second-order valence-corrected chi connectivity index (χ2v) is 5.88. The summed E-state index contributed by atoms with van der Waals surface area (Å²) in [6, 6.07) is 2.20. The Bertz CT molecular complexity index is 679. The van der Waals surface area contributed by atoms with Gasteiger partial charge >= 0.3 is 0 Å². The Hall–Kier alpha value is -2.22. The molecule has 0 aliphatic carbocycles. The van der Waals surface area contributed by atoms with Crippen LogP contribution in [0, 0.1) is 0 Å². The molecule has 124 valence electrons. The summed E-state index contributed by atoms with van der Waals surface area (Å²) in [5.41, 5.74) is 0. The molecular formula is C15H22N6O2. The smallest absolute Gasteiger partial charge is 0.243 e. The minimum atomic E-state index is -0.111. The fourth-order valence-corrected chi connectivity index (χ4v) is 2.86. The molecule has 0 aromatic carbocycles. The first kappa shape index (κ1) is 15.7. The van der Waals surface area contributed by atoms with Crippen LogP contribution in [0.5, 0.6) is 0 Å². The molecule has 1 N–H and O–H groups in total. The Morgan fingerprint density at radius 3 is 3.09 bits per heavy atom. The zero-order valence-electron chi connectivity index (χ0n) is 13.7. The topological polar surface area (TPSA) is 89.1 Å². The summed E-state index contributed by atoms with van der Waals surface area (Å²) in [5.74, 6) is 1.89. The Morgan fingerprint density at radius 2 is 2.39 bits per heavy atom. The van der Waals surface area contributed by atoms with Gasteiger partial charge in [-0.3, -0.25) is 14.4 Å². The van der Waals surface area contributed by atoms with E-state index in [1.54, 1.807) is 0 Å². The molecule has 2 aromatic heterocycles. The van der Waals surface area contributed by atoms with Crippen LogP contribution >= 0.6 is 0 Å². The van der Waals surface area contributed by atoms with Crippen LogP contribution in [0.3, 0.4) is 0 Å². The van der Waals surface area contributed by atoms with Crippen LogP contribution in [0.2, 0.25) is 0 Å². The van der Waals surface area contributed by atoms with Gasteiger partial charge in [0.1, 0.15) is 0 Å². The van der Waals surface area contributed by atoms with Gasteiger partial charge in [-0.25, -0.2) is 0 Å². The lowest BCUT2D eigenvalue weighted by molar-refractivity contribution is -0.114. The lowest BCUT2D eigenvalue weighted by Crippen LogP contribution is -2.25. The number of anilines is 1. The van der Waals surface area contributed by atoms with Gasteiger partial charge in [-0.05, 0) is 13.3 Å². The van der Waals surface area contributed by atoms with E-state index in [0.717, 1.165) is 31.8 Å². The number of rotatable bonds is 5. The van der Waals surface area contributed by atoms with E-state index in [9.17, 15) is 4.79 Å². The number of hydrogen-bond donors (Lipinski definition) is 1. The van der Waals surface area contributed by atoms with Crippen molar-refractivity contribution in [1.82, 2.24) is 24.8 Å². The number of nitrogens with zero attached hydrogens (tertiary/aromatic N) is 5. The maximum absolute atomic E-state index is 11.1. The normalized spacial score (nSPS) is 19.9. The van der Waals surface area contributed by atoms with E-state index in [0.29, 0.717) is 11.7 Å². The third-order valence-corrected chi connectivity index (χ3v) is 4.19. The number of aryl methyl sites for hydroxylation is 1. The van der Waals surface area contributed by atoms with E-state index in [2.05, 4.69) is 32.4 Å². The van der Waals surface area contributed by atoms with Crippen LogP contribution in [-0.2, 0) is 11.2 Å². The van der Waals surface area contributed by atoms with Crippen LogP contribution in [-0.4, -0.2) is 43.8 Å². The fourth-order valence-electron chi connectivity index (χ4n) is 2.86. The number of amides is 1. The van der Waals surface area contributed by atoms with Gasteiger partial charge in [-0.1, -0.05) is 12.1 Å². The Kier molecular flexibility index (Phi) is 4.42. The SMILES string of the molecule is CCc1noc([C@H](C)N2CC[C@@H](n3ccc(NC(C)=O)n3)C2)n1. The summed E-state index contributed by atoms with van der Waals surface area (Å²) in [6.07, 6.45) is 3.68. The molecule has 2 atom stereocenters. The van der Waals surface area contributed by atoms with Crippen molar-refractivity contribution in [3.05, 3.63) is 24.0 Å². The van der Waals surface area contributed by atoms with Crippen molar-refractivity contribution in [1.29, 1.82) is 0 Å². The molecule has 8 nitrogen and oxygen atoms in total. The van der Waals surface area contributed by atoms with Gasteiger partial charge < -0.3 is 9.84 Å². The minimum Gasteiger partial charge on any atom is -0.338 e. The summed E-state index contributed by atoms with van der Waals surface area (Å²) in [5, 5.41) is 11.1. The summed E-state index contributed by atoms with van der Waals surface area (Å²) < 4.78 is 7.27. The highest BCUT2D eigenvalue weighted by Gasteiger charge is 2.30. The first-order chi connectivity index (χ1) is 11.1. The van der Waals surface area contributed by atoms with Gasteiger partial charge in [0.25, 0.3) is 0 Å². The standard InChI is InChI=1S/C15H22N6O2/c1-4-13-17-15(23-19-13)10(2)20-7-5-12(9-20)21-8-6-14(18-21)16-11(3)22/h6,8,10,12H,4-5,7,9H2,1-3H3,(H,16,18,22)/t10-,12+/m0/s1. The van der Waals surface area contributed by atoms with Gasteiger partial charge in [0.15, 0.2) is 11.6 Å². The van der Waals surface area contributed by atoms with E-state index in [1.807, 2.05) is 23.9 Å². The average molecular weight is 318 g/mol. The first-order valence-electron chi connectivity index (χ1n) is 7.96. The first-order valence-corrected chi connectivity index (χ1v) is 7.96. The lowest BCUT2D eigenvalue weighted by Gasteiger charge is -2.20. The predicted molar refractivity (Wildman–Crippen MR) is 83.8 cm³/mol. The van der Waals surface area contributed by atoms with Gasteiger partial charge in [0.2, 0.25) is 11.8 Å². The molecule has 23 heavy (non-hydrogen) atoms. The zero-order chi connectivity index (χ0) is 16.4. The van der Waals surface area contributed by atoms with E-state index in [1.165, 1.54) is 6.92 Å². The Labute approximate surface area is 134 Å². The molecule has 3 heterocycles. The number of nitrogens with one attached hydrogen (secondary N) is 1. The molecule has 1 fully saturated rings. The highest BCUT2D eigenvalue weighted by atomic mass is 16.5. The molecule has 3 rings (SSSR count). The quantitative estimate of drug-likeness (QED) is 0.904. The number of likely N-dealkylation sites (tertiary alicyclic amines) is 1. The molecule has 0 unspecified atom stereocenters. The molecule has 0 radical (unpaired) electrons. The third kappa shape index (κ3) is 3.42. The van der Waals surface area contributed by atoms with E-state index in [-0.39, 0.29) is 18.0 Å². The third-order valence-electron chi connectivity index (χ3n) is 4.19. The summed E-state index contributed by atoms with van der Waals surface area (Å²) in [4.78, 5) is 17.8. The van der Waals surface area contributed by atoms with Crippen molar-refractivity contribution in [2.24, 2.45) is 0 Å². The minimum absolute atomic E-state index is 0.0955. The van der Waals surface area contributed by atoms with Crippen molar-refractivity contribution in [2.45, 2.75) is 45.7 Å². The highest BCUT2D eigenvalue weighted by Crippen LogP contribution is 2.29. The molecule has 8 heteroatoms. The van der Waals surface area contributed by atoms with Crippen LogP contribution < -0.4 is 5.32 Å². The number of aromatic nitrogens is 4. The summed E-state index contributed by atoms with van der Waals surface area (Å²) >= 11 is 0. The maximum atomic E-state index is 11.1. The van der Waals surface area contributed by atoms with Crippen molar-refractivity contribution in [3.8, 4) is 0 Å². The lowest BCUT2D eigenvalue weighted by atomic mass is 10.3. The van der Waals surface area contributed by atoms with Crippen molar-refractivity contribution in [3.63, 3.8) is 0 Å². The molecule has 1 aliphatic rings. The highest BCUT2D eigenvalue weighted by molar-refractivity contribution is 5.87. The van der Waals surface area contributed by atoms with Crippen LogP contribution in [0.1, 0.15) is 51.0 Å². The summed E-state index contributed by atoms with van der Waals surface area (Å²) in [6.45, 7) is 7.39.